The molecule has 3 aromatic rings. The Morgan fingerprint density at radius 3 is 2.83 bits per heavy atom. The van der Waals surface area contributed by atoms with E-state index in [4.69, 9.17) is 9.97 Å². The zero-order valence-corrected chi connectivity index (χ0v) is 18.1. The first kappa shape index (κ1) is 23.1. The maximum atomic E-state index is 4.79. The van der Waals surface area contributed by atoms with Crippen molar-refractivity contribution < 1.29 is 0 Å². The number of imidazole rings is 1. The lowest BCUT2D eigenvalue weighted by Gasteiger charge is -2.20. The monoisotopic (exact) mass is 435 g/mol. The molecule has 3 aromatic heterocycles. The number of rotatable bonds is 7. The smallest absolute Gasteiger partial charge is 0.180 e. The Hall–Kier alpha value is -2.22. The Kier molecular flexibility index (Phi) is 8.82. The summed E-state index contributed by atoms with van der Waals surface area (Å²) in [6, 6.07) is 5.82. The average molecular weight is 436 g/mol. The Morgan fingerprint density at radius 1 is 1.14 bits per heavy atom. The van der Waals surface area contributed by atoms with Gasteiger partial charge in [-0.3, -0.25) is 4.98 Å². The first-order valence-electron chi connectivity index (χ1n) is 9.61. The van der Waals surface area contributed by atoms with Crippen LogP contribution in [0, 0.1) is 0 Å². The van der Waals surface area contributed by atoms with Crippen LogP contribution in [0.2, 0.25) is 0 Å². The van der Waals surface area contributed by atoms with Gasteiger partial charge in [0.05, 0.1) is 5.69 Å². The summed E-state index contributed by atoms with van der Waals surface area (Å²) in [5.41, 5.74) is 3.10. The quantitative estimate of drug-likeness (QED) is 0.554. The molecule has 0 atom stereocenters. The van der Waals surface area contributed by atoms with Crippen molar-refractivity contribution in [2.45, 2.75) is 39.3 Å². The third kappa shape index (κ3) is 5.44. The van der Waals surface area contributed by atoms with E-state index in [1.807, 2.05) is 24.4 Å². The fourth-order valence-corrected chi connectivity index (χ4v) is 3.43. The number of halogens is 2. The highest BCUT2D eigenvalue weighted by Crippen LogP contribution is 2.24. The molecule has 1 aliphatic rings. The summed E-state index contributed by atoms with van der Waals surface area (Å²) in [6.07, 6.45) is 8.62. The predicted octanol–water partition coefficient (Wildman–Crippen LogP) is 3.29. The minimum Gasteiger partial charge on any atom is -0.370 e. The topological polar surface area (TPSA) is 80.6 Å². The Labute approximate surface area is 183 Å². The van der Waals surface area contributed by atoms with Crippen molar-refractivity contribution in [2.24, 2.45) is 0 Å². The van der Waals surface area contributed by atoms with Gasteiger partial charge in [-0.25, -0.2) is 15.0 Å². The van der Waals surface area contributed by atoms with Gasteiger partial charge in [-0.1, -0.05) is 13.0 Å². The summed E-state index contributed by atoms with van der Waals surface area (Å²) >= 11 is 0. The van der Waals surface area contributed by atoms with Crippen molar-refractivity contribution in [1.29, 1.82) is 0 Å². The van der Waals surface area contributed by atoms with Gasteiger partial charge in [0.1, 0.15) is 17.3 Å². The van der Waals surface area contributed by atoms with Gasteiger partial charge < -0.3 is 15.2 Å². The second-order valence-electron chi connectivity index (χ2n) is 6.63. The normalized spacial score (nSPS) is 12.4. The first-order chi connectivity index (χ1) is 13.3. The van der Waals surface area contributed by atoms with Crippen LogP contribution in [0.5, 0.6) is 0 Å². The van der Waals surface area contributed by atoms with Gasteiger partial charge in [0.25, 0.3) is 0 Å². The molecular formula is C20H27Cl2N7. The van der Waals surface area contributed by atoms with Crippen molar-refractivity contribution in [2.75, 3.05) is 18.4 Å². The summed E-state index contributed by atoms with van der Waals surface area (Å²) in [5, 5.41) is 6.94. The second-order valence-corrected chi connectivity index (χ2v) is 6.63. The lowest BCUT2D eigenvalue weighted by molar-refractivity contribution is 0.618. The molecule has 0 amide bonds. The van der Waals surface area contributed by atoms with Crippen LogP contribution >= 0.6 is 24.8 Å². The van der Waals surface area contributed by atoms with E-state index in [-0.39, 0.29) is 24.8 Å². The number of anilines is 1. The Bertz CT molecular complexity index is 899. The molecule has 0 fully saturated rings. The molecule has 0 saturated heterocycles. The van der Waals surface area contributed by atoms with Crippen LogP contribution < -0.4 is 10.6 Å². The third-order valence-electron chi connectivity index (χ3n) is 4.82. The number of hydrogen-bond acceptors (Lipinski definition) is 6. The zero-order chi connectivity index (χ0) is 18.5. The fourth-order valence-electron chi connectivity index (χ4n) is 3.43. The van der Waals surface area contributed by atoms with E-state index >= 15 is 0 Å². The van der Waals surface area contributed by atoms with Crippen LogP contribution in [0.25, 0.3) is 11.5 Å². The van der Waals surface area contributed by atoms with E-state index in [0.717, 1.165) is 68.5 Å². The van der Waals surface area contributed by atoms with E-state index in [2.05, 4.69) is 38.3 Å². The van der Waals surface area contributed by atoms with Crippen LogP contribution in [0.1, 0.15) is 30.4 Å². The van der Waals surface area contributed by atoms with E-state index in [0.29, 0.717) is 5.82 Å². The van der Waals surface area contributed by atoms with Gasteiger partial charge in [-0.2, -0.15) is 0 Å². The molecule has 1 aliphatic heterocycles. The molecule has 156 valence electrons. The van der Waals surface area contributed by atoms with E-state index in [1.165, 1.54) is 5.56 Å². The molecule has 29 heavy (non-hydrogen) atoms. The third-order valence-corrected chi connectivity index (χ3v) is 4.82. The molecule has 0 unspecified atom stereocenters. The Balaban J connectivity index is 0.00000150. The molecule has 0 aromatic carbocycles. The average Bonchev–Trinajstić information content (AvgIpc) is 3.19. The molecular weight excluding hydrogens is 409 g/mol. The van der Waals surface area contributed by atoms with Gasteiger partial charge in [0.2, 0.25) is 0 Å². The molecule has 9 heteroatoms. The SMILES string of the molecule is CCc1nccn1CCCNc1nc(-c2ccccn2)nc2c1CCNC2.Cl.Cl. The highest BCUT2D eigenvalue weighted by molar-refractivity contribution is 5.85. The molecule has 4 rings (SSSR count). The van der Waals surface area contributed by atoms with Crippen molar-refractivity contribution in [1.82, 2.24) is 29.8 Å². The molecule has 0 aliphatic carbocycles. The summed E-state index contributed by atoms with van der Waals surface area (Å²) < 4.78 is 2.22. The van der Waals surface area contributed by atoms with Crippen molar-refractivity contribution >= 4 is 30.6 Å². The Morgan fingerprint density at radius 2 is 2.03 bits per heavy atom. The van der Waals surface area contributed by atoms with Gasteiger partial charge >= 0.3 is 0 Å². The molecule has 0 radical (unpaired) electrons. The maximum Gasteiger partial charge on any atom is 0.180 e. The number of nitrogens with one attached hydrogen (secondary N) is 2. The minimum absolute atomic E-state index is 0. The summed E-state index contributed by atoms with van der Waals surface area (Å²) in [5.74, 6) is 2.77. The standard InChI is InChI=1S/C20H25N7.2ClH/c1-2-18-23-11-13-27(18)12-5-9-24-19-15-7-10-21-14-17(15)25-20(26-19)16-6-3-4-8-22-16;;/h3-4,6,8,11,13,21H,2,5,7,9-10,12,14H2,1H3,(H,24,25,26);2*1H. The first-order valence-corrected chi connectivity index (χ1v) is 9.61. The van der Waals surface area contributed by atoms with Crippen LogP contribution in [-0.4, -0.2) is 37.6 Å². The van der Waals surface area contributed by atoms with Crippen LogP contribution in [-0.2, 0) is 25.9 Å². The number of pyridine rings is 1. The van der Waals surface area contributed by atoms with Crippen molar-refractivity contribution in [3.63, 3.8) is 0 Å². The van der Waals surface area contributed by atoms with E-state index in [9.17, 15) is 0 Å². The van der Waals surface area contributed by atoms with Gasteiger partial charge in [0.15, 0.2) is 5.82 Å². The molecule has 0 saturated carbocycles. The van der Waals surface area contributed by atoms with E-state index in [1.54, 1.807) is 6.20 Å². The van der Waals surface area contributed by atoms with Gasteiger partial charge in [0, 0.05) is 50.2 Å². The lowest BCUT2D eigenvalue weighted by Crippen LogP contribution is -2.27. The van der Waals surface area contributed by atoms with Gasteiger partial charge in [-0.15, -0.1) is 24.8 Å². The molecule has 7 nitrogen and oxygen atoms in total. The highest BCUT2D eigenvalue weighted by atomic mass is 35.5. The molecule has 4 heterocycles. The predicted molar refractivity (Wildman–Crippen MR) is 120 cm³/mol. The summed E-state index contributed by atoms with van der Waals surface area (Å²) in [7, 11) is 0. The van der Waals surface area contributed by atoms with Crippen LogP contribution in [0.3, 0.4) is 0 Å². The van der Waals surface area contributed by atoms with Crippen molar-refractivity contribution in [3.05, 3.63) is 53.9 Å². The van der Waals surface area contributed by atoms with Crippen molar-refractivity contribution in [3.8, 4) is 11.5 Å². The molecule has 0 bridgehead atoms. The fraction of sp³-hybridized carbons (Fsp3) is 0.400. The number of fused-ring (bicyclic) bond motifs is 1. The number of nitrogens with zero attached hydrogens (tertiary/aromatic N) is 5. The number of aryl methyl sites for hydroxylation is 2. The summed E-state index contributed by atoms with van der Waals surface area (Å²) in [4.78, 5) is 18.3. The van der Waals surface area contributed by atoms with Crippen LogP contribution in [0.15, 0.2) is 36.8 Å². The number of aromatic nitrogens is 5. The second kappa shape index (κ2) is 11.1. The molecule has 2 N–H and O–H groups in total. The van der Waals surface area contributed by atoms with E-state index < -0.39 is 0 Å². The largest absolute Gasteiger partial charge is 0.370 e. The highest BCUT2D eigenvalue weighted by Gasteiger charge is 2.18. The summed E-state index contributed by atoms with van der Waals surface area (Å²) in [6.45, 7) is 5.69. The zero-order valence-electron chi connectivity index (χ0n) is 16.5. The van der Waals surface area contributed by atoms with Gasteiger partial charge in [-0.05, 0) is 31.5 Å². The minimum atomic E-state index is 0. The molecule has 0 spiro atoms. The van der Waals surface area contributed by atoms with Crippen LogP contribution in [0.4, 0.5) is 5.82 Å². The number of hydrogen-bond donors (Lipinski definition) is 2. The lowest BCUT2D eigenvalue weighted by atomic mass is 10.1. The maximum absolute atomic E-state index is 4.79.